The molecule has 220 valence electrons. The number of aliphatic carboxylic acids is 4. The smallest absolute Gasteiger partial charge is 0.320 e. The molecule has 0 heterocycles. The summed E-state index contributed by atoms with van der Waals surface area (Å²) >= 11 is 6.42. The first kappa shape index (κ1) is 51.1. The Labute approximate surface area is 268 Å². The Bertz CT molecular complexity index is 495. The van der Waals surface area contributed by atoms with E-state index in [1.54, 1.807) is 47.0 Å². The molecule has 38 heavy (non-hydrogen) atoms. The number of rotatable bonds is 16. The molecule has 0 unspecified atom stereocenters. The van der Waals surface area contributed by atoms with Crippen LogP contribution < -0.4 is 22.9 Å². The van der Waals surface area contributed by atoms with E-state index in [2.05, 4.69) is 0 Å². The zero-order chi connectivity index (χ0) is 29.1. The van der Waals surface area contributed by atoms with Crippen LogP contribution in [0.25, 0.3) is 0 Å². The van der Waals surface area contributed by atoms with Crippen molar-refractivity contribution in [1.29, 1.82) is 0 Å². The van der Waals surface area contributed by atoms with Crippen LogP contribution in [-0.4, -0.2) is 117 Å². The van der Waals surface area contributed by atoms with Gasteiger partial charge in [-0.3, -0.25) is 19.2 Å². The molecule has 0 bridgehead atoms. The molecule has 0 aliphatic heterocycles. The van der Waals surface area contributed by atoms with Crippen LogP contribution in [0.3, 0.4) is 0 Å². The van der Waals surface area contributed by atoms with Gasteiger partial charge in [0.15, 0.2) is 0 Å². The second-order valence-corrected chi connectivity index (χ2v) is 10.8. The molecule has 12 nitrogen and oxygen atoms in total. The van der Waals surface area contributed by atoms with Crippen LogP contribution in [-0.2, 0) is 58.1 Å². The van der Waals surface area contributed by atoms with Crippen molar-refractivity contribution in [3.05, 3.63) is 0 Å². The van der Waals surface area contributed by atoms with Gasteiger partial charge in [-0.05, 0) is 73.7 Å². The van der Waals surface area contributed by atoms with Gasteiger partial charge in [0.2, 0.25) is 0 Å². The van der Waals surface area contributed by atoms with Gasteiger partial charge in [0.05, 0.1) is 0 Å². The number of carbonyl (C=O) groups is 4. The largest absolute Gasteiger partial charge is 0.480 e. The second-order valence-electron chi connectivity index (χ2n) is 6.90. The van der Waals surface area contributed by atoms with Gasteiger partial charge in [-0.15, -0.1) is 0 Å². The molecular weight excluding hydrogens is 683 g/mol. The van der Waals surface area contributed by atoms with E-state index in [1.807, 2.05) is 25.0 Å². The molecule has 0 aromatic heterocycles. The first-order valence-corrected chi connectivity index (χ1v) is 16.2. The zero-order valence-corrected chi connectivity index (χ0v) is 31.9. The standard InChI is InChI=1S/4C5H11NO2S.2Zn/c4*1-9-3-2-4(6)5(7)8;;/h4*4H,2-3,6H2,1H3,(H,7,8);;/t4*4-;;/m0000../s1. The number of nitrogens with two attached hydrogens (primary N) is 4. The van der Waals surface area contributed by atoms with E-state index >= 15 is 0 Å². The van der Waals surface area contributed by atoms with E-state index in [9.17, 15) is 19.2 Å². The molecule has 0 aliphatic carbocycles. The first-order valence-electron chi connectivity index (χ1n) is 10.6. The molecule has 0 aliphatic rings. The number of carboxylic acids is 4. The van der Waals surface area contributed by atoms with Crippen LogP contribution in [0.5, 0.6) is 0 Å². The van der Waals surface area contributed by atoms with Gasteiger partial charge >= 0.3 is 23.9 Å². The van der Waals surface area contributed by atoms with E-state index in [0.29, 0.717) is 25.7 Å². The number of hydrogen-bond donors (Lipinski definition) is 8. The normalized spacial score (nSPS) is 12.4. The van der Waals surface area contributed by atoms with Crippen molar-refractivity contribution in [2.75, 3.05) is 48.0 Å². The summed E-state index contributed by atoms with van der Waals surface area (Å²) in [6.07, 6.45) is 9.91. The van der Waals surface area contributed by atoms with Gasteiger partial charge < -0.3 is 43.4 Å². The van der Waals surface area contributed by atoms with Gasteiger partial charge in [0.1, 0.15) is 24.2 Å². The maximum Gasteiger partial charge on any atom is 0.320 e. The maximum atomic E-state index is 10.1. The Morgan fingerprint density at radius 2 is 0.605 bits per heavy atom. The summed E-state index contributed by atoms with van der Waals surface area (Å²) in [5, 5.41) is 33.1. The van der Waals surface area contributed by atoms with Gasteiger partial charge in [-0.1, -0.05) is 0 Å². The summed E-state index contributed by atoms with van der Waals surface area (Å²) in [6, 6.07) is -2.73. The summed E-state index contributed by atoms with van der Waals surface area (Å²) in [4.78, 5) is 40.3. The molecule has 0 aromatic rings. The maximum absolute atomic E-state index is 10.1. The zero-order valence-electron chi connectivity index (χ0n) is 22.7. The molecule has 0 spiro atoms. The van der Waals surface area contributed by atoms with Crippen LogP contribution in [0, 0.1) is 0 Å². The number of carboxylic acid groups (broad SMARTS) is 4. The van der Waals surface area contributed by atoms with Crippen LogP contribution in [0.15, 0.2) is 0 Å². The first-order chi connectivity index (χ1) is 16.7. The molecule has 0 saturated carbocycles. The van der Waals surface area contributed by atoms with Crippen LogP contribution in [0.4, 0.5) is 0 Å². The fourth-order valence-corrected chi connectivity index (χ4v) is 3.43. The minimum atomic E-state index is -0.913. The molecule has 0 amide bonds. The molecule has 4 atom stereocenters. The predicted octanol–water partition coefficient (Wildman–Crippen LogP) is 0.601. The SMILES string of the molecule is CSCC[C@H](N)C(=O)O.CSCC[C@H](N)C(=O)O.CSCC[C@H](N)C(=O)O.CSCC[C@H](N)C(=O)O.[Zn].[Zn]. The Morgan fingerprint density at radius 1 is 0.474 bits per heavy atom. The minimum absolute atomic E-state index is 0. The van der Waals surface area contributed by atoms with E-state index < -0.39 is 48.0 Å². The summed E-state index contributed by atoms with van der Waals surface area (Å²) in [5.74, 6) is -0.400. The molecular formula is C20H44N4O8S4Zn2. The molecule has 0 rings (SSSR count). The average molecular weight is 728 g/mol. The third-order valence-electron chi connectivity index (χ3n) is 3.80. The summed E-state index contributed by atoms with van der Waals surface area (Å²) in [6.45, 7) is 0. The summed E-state index contributed by atoms with van der Waals surface area (Å²) in [7, 11) is 0. The van der Waals surface area contributed by atoms with E-state index in [0.717, 1.165) is 23.0 Å². The molecule has 0 aromatic carbocycles. The summed E-state index contributed by atoms with van der Waals surface area (Å²) < 4.78 is 0. The molecule has 0 fully saturated rings. The van der Waals surface area contributed by atoms with Crippen molar-refractivity contribution in [2.45, 2.75) is 49.9 Å². The Morgan fingerprint density at radius 3 is 0.684 bits per heavy atom. The van der Waals surface area contributed by atoms with E-state index in [1.165, 1.54) is 0 Å². The van der Waals surface area contributed by atoms with Crippen LogP contribution in [0.2, 0.25) is 0 Å². The van der Waals surface area contributed by atoms with Crippen LogP contribution in [0.1, 0.15) is 25.7 Å². The van der Waals surface area contributed by atoms with Gasteiger partial charge in [0.25, 0.3) is 0 Å². The monoisotopic (exact) mass is 724 g/mol. The van der Waals surface area contributed by atoms with Gasteiger partial charge in [-0.2, -0.15) is 47.0 Å². The topological polar surface area (TPSA) is 253 Å². The average Bonchev–Trinajstić information content (AvgIpc) is 2.83. The van der Waals surface area contributed by atoms with Crippen molar-refractivity contribution in [3.8, 4) is 0 Å². The molecule has 12 N–H and O–H groups in total. The quantitative estimate of drug-likeness (QED) is 0.101. The third-order valence-corrected chi connectivity index (χ3v) is 6.38. The number of hydrogen-bond acceptors (Lipinski definition) is 12. The third kappa shape index (κ3) is 43.4. The minimum Gasteiger partial charge on any atom is -0.480 e. The fraction of sp³-hybridized carbons (Fsp3) is 0.800. The van der Waals surface area contributed by atoms with Crippen molar-refractivity contribution >= 4 is 70.9 Å². The van der Waals surface area contributed by atoms with E-state index in [4.69, 9.17) is 43.4 Å². The second kappa shape index (κ2) is 37.4. The van der Waals surface area contributed by atoms with Gasteiger partial charge in [-0.25, -0.2) is 0 Å². The molecule has 18 heteroatoms. The molecule has 0 radical (unpaired) electrons. The Hall–Kier alpha value is 0.367. The Kier molecular flexibility index (Phi) is 50.3. The van der Waals surface area contributed by atoms with Crippen LogP contribution >= 0.6 is 47.0 Å². The molecule has 0 saturated heterocycles. The van der Waals surface area contributed by atoms with Crippen molar-refractivity contribution in [1.82, 2.24) is 0 Å². The van der Waals surface area contributed by atoms with Crippen molar-refractivity contribution < 1.29 is 78.6 Å². The van der Waals surface area contributed by atoms with Crippen molar-refractivity contribution in [3.63, 3.8) is 0 Å². The number of thioether (sulfide) groups is 4. The van der Waals surface area contributed by atoms with E-state index in [-0.39, 0.29) is 39.0 Å². The van der Waals surface area contributed by atoms with Gasteiger partial charge in [0, 0.05) is 39.0 Å². The summed E-state index contributed by atoms with van der Waals surface area (Å²) in [5.41, 5.74) is 20.8. The predicted molar refractivity (Wildman–Crippen MR) is 154 cm³/mol. The Balaban J connectivity index is -0.0000000883. The fourth-order valence-electron chi connectivity index (χ4n) is 1.47. The van der Waals surface area contributed by atoms with Crippen molar-refractivity contribution in [2.24, 2.45) is 22.9 Å².